The molecule has 0 spiro atoms. The first-order valence-electron chi connectivity index (χ1n) is 12.4. The van der Waals surface area contributed by atoms with E-state index in [1.165, 1.54) is 6.08 Å². The maximum absolute atomic E-state index is 12.5. The van der Waals surface area contributed by atoms with E-state index in [0.717, 1.165) is 54.6 Å². The van der Waals surface area contributed by atoms with Gasteiger partial charge in [0.25, 0.3) is 0 Å². The number of carbonyl (C=O) groups is 1. The van der Waals surface area contributed by atoms with Crippen LogP contribution in [0.3, 0.4) is 0 Å². The van der Waals surface area contributed by atoms with Gasteiger partial charge in [0.05, 0.1) is 10.7 Å². The number of benzene rings is 3. The monoisotopic (exact) mass is 599 g/mol. The zero-order valence-electron chi connectivity index (χ0n) is 20.8. The molecule has 1 amide bonds. The van der Waals surface area contributed by atoms with Crippen LogP contribution in [0.5, 0.6) is 0 Å². The number of nitrogens with one attached hydrogen (secondary N) is 1. The summed E-state index contributed by atoms with van der Waals surface area (Å²) in [5, 5.41) is 5.28. The van der Waals surface area contributed by atoms with Crippen molar-refractivity contribution >= 4 is 69.8 Å². The number of nitrogens with zero attached hydrogens (tertiary/aromatic N) is 2. The number of amides is 1. The average Bonchev–Trinajstić information content (AvgIpc) is 3.38. The highest BCUT2D eigenvalue weighted by Crippen LogP contribution is 2.31. The second-order valence-electron chi connectivity index (χ2n) is 9.20. The highest BCUT2D eigenvalue weighted by atomic mass is 35.5. The number of furan rings is 1. The van der Waals surface area contributed by atoms with Crippen molar-refractivity contribution in [3.63, 3.8) is 0 Å². The third-order valence-corrected chi connectivity index (χ3v) is 7.56. The number of piperazine rings is 1. The van der Waals surface area contributed by atoms with E-state index in [1.807, 2.05) is 30.3 Å². The van der Waals surface area contributed by atoms with Gasteiger partial charge in [-0.15, -0.1) is 0 Å². The molecule has 0 atom stereocenters. The largest absolute Gasteiger partial charge is 0.457 e. The Morgan fingerprint density at radius 1 is 0.846 bits per heavy atom. The molecule has 4 aromatic rings. The van der Waals surface area contributed by atoms with E-state index in [0.29, 0.717) is 32.3 Å². The Hall–Kier alpha value is -2.93. The van der Waals surface area contributed by atoms with Crippen molar-refractivity contribution < 1.29 is 9.21 Å². The molecule has 0 radical (unpaired) electrons. The van der Waals surface area contributed by atoms with Gasteiger partial charge in [-0.25, -0.2) is 0 Å². The van der Waals surface area contributed by atoms with Crippen LogP contribution in [0.2, 0.25) is 20.1 Å². The van der Waals surface area contributed by atoms with Gasteiger partial charge in [0.15, 0.2) is 0 Å². The maximum Gasteiger partial charge on any atom is 0.248 e. The Kier molecular flexibility index (Phi) is 8.85. The quantitative estimate of drug-likeness (QED) is 0.216. The molecule has 1 aliphatic heterocycles. The number of carbonyl (C=O) groups excluding carboxylic acids is 1. The zero-order chi connectivity index (χ0) is 27.4. The molecule has 1 fully saturated rings. The van der Waals surface area contributed by atoms with Crippen LogP contribution in [-0.2, 0) is 11.3 Å². The summed E-state index contributed by atoms with van der Waals surface area (Å²) < 4.78 is 5.81. The van der Waals surface area contributed by atoms with Crippen LogP contribution in [-0.4, -0.2) is 37.0 Å². The molecule has 1 aromatic heterocycles. The number of hydrogen-bond donors (Lipinski definition) is 1. The third-order valence-electron chi connectivity index (χ3n) is 6.45. The summed E-state index contributed by atoms with van der Waals surface area (Å²) in [4.78, 5) is 17.2. The first-order valence-corrected chi connectivity index (χ1v) is 13.9. The summed E-state index contributed by atoms with van der Waals surface area (Å²) in [6.45, 7) is 4.34. The first kappa shape index (κ1) is 27.6. The van der Waals surface area contributed by atoms with Crippen molar-refractivity contribution in [3.05, 3.63) is 110 Å². The molecule has 3 aromatic carbocycles. The molecule has 1 saturated heterocycles. The Morgan fingerprint density at radius 2 is 1.59 bits per heavy atom. The summed E-state index contributed by atoms with van der Waals surface area (Å²) in [5.74, 6) is 0.834. The van der Waals surface area contributed by atoms with Gasteiger partial charge in [0, 0.05) is 65.1 Å². The molecule has 1 aliphatic rings. The Bertz CT molecular complexity index is 1490. The molecule has 200 valence electrons. The van der Waals surface area contributed by atoms with Crippen LogP contribution in [0.15, 0.2) is 83.3 Å². The van der Waals surface area contributed by atoms with Crippen LogP contribution in [0.25, 0.3) is 17.4 Å². The Morgan fingerprint density at radius 3 is 2.31 bits per heavy atom. The van der Waals surface area contributed by atoms with Gasteiger partial charge in [0.1, 0.15) is 11.5 Å². The Labute approximate surface area is 247 Å². The van der Waals surface area contributed by atoms with E-state index >= 15 is 0 Å². The molecule has 0 unspecified atom stereocenters. The standard InChI is InChI=1S/C30H25Cl4N3O2/c31-22-15-21(16-23(32)17-22)29-9-6-25(39-29)7-10-30(38)35-24-5-8-28(27(34)18-24)37-13-11-36(12-14-37)19-20-3-1-2-4-26(20)33/h1-10,15-18H,11-14,19H2,(H,35,38)/b10-7+. The van der Waals surface area contributed by atoms with Crippen molar-refractivity contribution in [1.82, 2.24) is 4.90 Å². The van der Waals surface area contributed by atoms with Crippen molar-refractivity contribution in [1.29, 1.82) is 0 Å². The second kappa shape index (κ2) is 12.5. The van der Waals surface area contributed by atoms with Gasteiger partial charge in [-0.2, -0.15) is 0 Å². The van der Waals surface area contributed by atoms with Gasteiger partial charge < -0.3 is 14.6 Å². The molecule has 0 aliphatic carbocycles. The summed E-state index contributed by atoms with van der Waals surface area (Å²) in [7, 11) is 0. The number of hydrogen-bond acceptors (Lipinski definition) is 4. The molecule has 5 nitrogen and oxygen atoms in total. The number of anilines is 2. The SMILES string of the molecule is O=C(/C=C/c1ccc(-c2cc(Cl)cc(Cl)c2)o1)Nc1ccc(N2CCN(Cc3ccccc3Cl)CC2)c(Cl)c1. The summed E-state index contributed by atoms with van der Waals surface area (Å²) >= 11 is 25.1. The zero-order valence-corrected chi connectivity index (χ0v) is 23.9. The lowest BCUT2D eigenvalue weighted by molar-refractivity contribution is -0.111. The van der Waals surface area contributed by atoms with E-state index in [1.54, 1.807) is 42.5 Å². The van der Waals surface area contributed by atoms with Crippen molar-refractivity contribution in [3.8, 4) is 11.3 Å². The predicted octanol–water partition coefficient (Wildman–Crippen LogP) is 8.53. The molecule has 5 rings (SSSR count). The molecule has 39 heavy (non-hydrogen) atoms. The fourth-order valence-electron chi connectivity index (χ4n) is 4.49. The van der Waals surface area contributed by atoms with Crippen LogP contribution < -0.4 is 10.2 Å². The van der Waals surface area contributed by atoms with Gasteiger partial charge >= 0.3 is 0 Å². The Balaban J connectivity index is 1.15. The predicted molar refractivity (Wildman–Crippen MR) is 162 cm³/mol. The van der Waals surface area contributed by atoms with Crippen molar-refractivity contribution in [2.45, 2.75) is 6.54 Å². The minimum Gasteiger partial charge on any atom is -0.457 e. The van der Waals surface area contributed by atoms with E-state index < -0.39 is 0 Å². The van der Waals surface area contributed by atoms with Crippen LogP contribution >= 0.6 is 46.4 Å². The highest BCUT2D eigenvalue weighted by Gasteiger charge is 2.20. The van der Waals surface area contributed by atoms with Crippen LogP contribution in [0.1, 0.15) is 11.3 Å². The fraction of sp³-hybridized carbons (Fsp3) is 0.167. The molecule has 2 heterocycles. The molecule has 9 heteroatoms. The van der Waals surface area contributed by atoms with E-state index in [2.05, 4.69) is 21.2 Å². The van der Waals surface area contributed by atoms with E-state index in [4.69, 9.17) is 50.8 Å². The third kappa shape index (κ3) is 7.18. The van der Waals surface area contributed by atoms with E-state index in [-0.39, 0.29) is 5.91 Å². The van der Waals surface area contributed by atoms with Gasteiger partial charge in [-0.3, -0.25) is 9.69 Å². The second-order valence-corrected chi connectivity index (χ2v) is 10.9. The van der Waals surface area contributed by atoms with Gasteiger partial charge in [-0.05, 0) is 66.2 Å². The molecule has 0 bridgehead atoms. The maximum atomic E-state index is 12.5. The summed E-state index contributed by atoms with van der Waals surface area (Å²) in [6, 6.07) is 22.3. The highest BCUT2D eigenvalue weighted by molar-refractivity contribution is 6.35. The molecular weight excluding hydrogens is 576 g/mol. The lowest BCUT2D eigenvalue weighted by Crippen LogP contribution is -2.46. The van der Waals surface area contributed by atoms with Crippen molar-refractivity contribution in [2.75, 3.05) is 36.4 Å². The number of rotatable bonds is 7. The van der Waals surface area contributed by atoms with Crippen molar-refractivity contribution in [2.24, 2.45) is 0 Å². The van der Waals surface area contributed by atoms with Gasteiger partial charge in [-0.1, -0.05) is 64.6 Å². The minimum atomic E-state index is -0.296. The normalized spacial score (nSPS) is 14.2. The van der Waals surface area contributed by atoms with Crippen LogP contribution in [0.4, 0.5) is 11.4 Å². The molecular formula is C30H25Cl4N3O2. The minimum absolute atomic E-state index is 0.296. The van der Waals surface area contributed by atoms with Crippen LogP contribution in [0, 0.1) is 0 Å². The smallest absolute Gasteiger partial charge is 0.248 e. The van der Waals surface area contributed by atoms with Gasteiger partial charge in [0.2, 0.25) is 5.91 Å². The summed E-state index contributed by atoms with van der Waals surface area (Å²) in [5.41, 5.74) is 3.46. The topological polar surface area (TPSA) is 48.7 Å². The molecule has 0 saturated carbocycles. The lowest BCUT2D eigenvalue weighted by Gasteiger charge is -2.36. The summed E-state index contributed by atoms with van der Waals surface area (Å²) in [6.07, 6.45) is 3.01. The molecule has 1 N–H and O–H groups in total. The fourth-order valence-corrected chi connectivity index (χ4v) is 5.51. The lowest BCUT2D eigenvalue weighted by atomic mass is 10.2. The average molecular weight is 601 g/mol. The first-order chi connectivity index (χ1) is 18.8. The number of halogens is 4. The van der Waals surface area contributed by atoms with E-state index in [9.17, 15) is 4.79 Å².